The Hall–Kier alpha value is -2.91. The molecule has 11 heteroatoms. The highest BCUT2D eigenvalue weighted by Crippen LogP contribution is 2.37. The lowest BCUT2D eigenvalue weighted by molar-refractivity contribution is 0.0804. The predicted octanol–water partition coefficient (Wildman–Crippen LogP) is 4.25. The molecule has 2 unspecified atom stereocenters. The third kappa shape index (κ3) is 3.58. The largest absolute Gasteiger partial charge is 0.465 e. The van der Waals surface area contributed by atoms with Crippen LogP contribution in [0.5, 0.6) is 0 Å². The number of carboxylic acid groups (broad SMARTS) is 1. The van der Waals surface area contributed by atoms with E-state index in [4.69, 9.17) is 23.2 Å². The van der Waals surface area contributed by atoms with Gasteiger partial charge in [0.1, 0.15) is 11.0 Å². The number of hydrogen-bond acceptors (Lipinski definition) is 6. The van der Waals surface area contributed by atoms with Gasteiger partial charge in [0.05, 0.1) is 27.8 Å². The van der Waals surface area contributed by atoms with E-state index < -0.39 is 11.8 Å². The molecule has 2 atom stereocenters. The maximum Gasteiger partial charge on any atom is 0.407 e. The van der Waals surface area contributed by atoms with Gasteiger partial charge in [0.15, 0.2) is 5.65 Å². The van der Waals surface area contributed by atoms with Crippen LogP contribution in [-0.2, 0) is 0 Å². The Balaban J connectivity index is 1.76. The minimum Gasteiger partial charge on any atom is -0.465 e. The fourth-order valence-electron chi connectivity index (χ4n) is 5.11. The molecule has 2 bridgehead atoms. The Kier molecular flexibility index (Phi) is 5.64. The molecule has 0 saturated carbocycles. The van der Waals surface area contributed by atoms with Crippen molar-refractivity contribution >= 4 is 46.1 Å². The Bertz CT molecular complexity index is 1380. The van der Waals surface area contributed by atoms with Crippen LogP contribution in [0.4, 0.5) is 10.6 Å². The summed E-state index contributed by atoms with van der Waals surface area (Å²) in [6.45, 7) is 6.75. The number of nitrogens with zero attached hydrogens (tertiary/aromatic N) is 6. The molecule has 9 nitrogen and oxygen atoms in total. The molecule has 3 aliphatic rings. The molecule has 178 valence electrons. The lowest BCUT2D eigenvalue weighted by Crippen LogP contribution is -2.64. The van der Waals surface area contributed by atoms with Gasteiger partial charge in [-0.15, -0.1) is 0 Å². The minimum atomic E-state index is -0.924. The van der Waals surface area contributed by atoms with Gasteiger partial charge in [-0.1, -0.05) is 37.0 Å². The normalized spacial score (nSPS) is 19.9. The number of aryl methyl sites for hydroxylation is 1. The van der Waals surface area contributed by atoms with Crippen molar-refractivity contribution in [3.63, 3.8) is 0 Å². The van der Waals surface area contributed by atoms with Gasteiger partial charge in [0, 0.05) is 25.3 Å². The Labute approximate surface area is 206 Å². The monoisotopic (exact) mass is 502 g/mol. The summed E-state index contributed by atoms with van der Waals surface area (Å²) in [6.07, 6.45) is 2.39. The van der Waals surface area contributed by atoms with Crippen LogP contribution in [-0.4, -0.2) is 60.8 Å². The molecule has 0 aromatic carbocycles. The number of pyridine rings is 2. The van der Waals surface area contributed by atoms with Crippen molar-refractivity contribution in [2.45, 2.75) is 51.6 Å². The number of amides is 1. The molecule has 6 heterocycles. The van der Waals surface area contributed by atoms with Crippen LogP contribution in [0.25, 0.3) is 16.7 Å². The third-order valence-corrected chi connectivity index (χ3v) is 7.40. The van der Waals surface area contributed by atoms with Crippen LogP contribution in [0.3, 0.4) is 0 Å². The van der Waals surface area contributed by atoms with Crippen LogP contribution in [0.2, 0.25) is 10.2 Å². The second-order valence-electron chi connectivity index (χ2n) is 9.17. The van der Waals surface area contributed by atoms with Gasteiger partial charge in [-0.05, 0) is 43.4 Å². The quantitative estimate of drug-likeness (QED) is 0.533. The molecular weight excluding hydrogens is 479 g/mol. The summed E-state index contributed by atoms with van der Waals surface area (Å²) in [4.78, 5) is 42.3. The zero-order valence-electron chi connectivity index (χ0n) is 19.0. The highest BCUT2D eigenvalue weighted by Gasteiger charge is 2.42. The van der Waals surface area contributed by atoms with E-state index in [1.807, 2.05) is 31.7 Å². The van der Waals surface area contributed by atoms with Gasteiger partial charge in [-0.2, -0.15) is 4.98 Å². The molecule has 3 saturated heterocycles. The van der Waals surface area contributed by atoms with Crippen molar-refractivity contribution < 1.29 is 9.90 Å². The van der Waals surface area contributed by atoms with E-state index >= 15 is 0 Å². The number of aromatic nitrogens is 4. The zero-order chi connectivity index (χ0) is 24.3. The zero-order valence-corrected chi connectivity index (χ0v) is 20.5. The van der Waals surface area contributed by atoms with E-state index in [2.05, 4.69) is 15.0 Å². The minimum absolute atomic E-state index is 0.0547. The van der Waals surface area contributed by atoms with Gasteiger partial charge in [-0.25, -0.2) is 19.1 Å². The fraction of sp³-hybridized carbons (Fsp3) is 0.435. The number of fused-ring (bicyclic) bond motifs is 4. The van der Waals surface area contributed by atoms with Crippen LogP contribution in [0.1, 0.15) is 43.9 Å². The molecule has 3 aromatic heterocycles. The maximum absolute atomic E-state index is 13.6. The topological polar surface area (TPSA) is 104 Å². The molecule has 34 heavy (non-hydrogen) atoms. The Morgan fingerprint density at radius 1 is 1.18 bits per heavy atom. The number of halogens is 2. The van der Waals surface area contributed by atoms with Crippen LogP contribution in [0, 0.1) is 6.92 Å². The van der Waals surface area contributed by atoms with Crippen LogP contribution in [0.15, 0.2) is 23.1 Å². The highest BCUT2D eigenvalue weighted by atomic mass is 35.5. The van der Waals surface area contributed by atoms with Crippen molar-refractivity contribution in [1.82, 2.24) is 24.4 Å². The van der Waals surface area contributed by atoms with E-state index in [1.54, 1.807) is 12.3 Å². The standard InChI is InChI=1S/C23H24Cl2N6O3/c1-11(2)17-18(12(3)6-7-26-17)31-21-15(8-16(24)19(25)27-21)20(28-22(31)32)29-9-14-5-4-13(29)10-30(14)23(33)34/h6-8,11,13-14H,4-5,9-10H2,1-3H3,(H,33,34). The van der Waals surface area contributed by atoms with Gasteiger partial charge in [0.25, 0.3) is 0 Å². The summed E-state index contributed by atoms with van der Waals surface area (Å²) in [5.41, 5.74) is 2.09. The molecule has 3 aromatic rings. The smallest absolute Gasteiger partial charge is 0.407 e. The first-order valence-electron chi connectivity index (χ1n) is 11.2. The van der Waals surface area contributed by atoms with Gasteiger partial charge < -0.3 is 14.9 Å². The van der Waals surface area contributed by atoms with Crippen molar-refractivity contribution in [1.29, 1.82) is 0 Å². The third-order valence-electron chi connectivity index (χ3n) is 6.73. The number of piperazine rings is 1. The number of rotatable bonds is 3. The fourth-order valence-corrected chi connectivity index (χ4v) is 5.40. The van der Waals surface area contributed by atoms with E-state index in [9.17, 15) is 14.7 Å². The van der Waals surface area contributed by atoms with Gasteiger partial charge in [0.2, 0.25) is 0 Å². The molecule has 3 fully saturated rings. The first kappa shape index (κ1) is 22.9. The molecule has 1 amide bonds. The summed E-state index contributed by atoms with van der Waals surface area (Å²) >= 11 is 12.7. The highest BCUT2D eigenvalue weighted by molar-refractivity contribution is 6.41. The van der Waals surface area contributed by atoms with Crippen molar-refractivity contribution in [2.24, 2.45) is 0 Å². The molecule has 1 N–H and O–H groups in total. The van der Waals surface area contributed by atoms with E-state index in [0.29, 0.717) is 35.6 Å². The molecule has 0 aliphatic carbocycles. The second-order valence-corrected chi connectivity index (χ2v) is 9.94. The molecule has 3 aliphatic heterocycles. The SMILES string of the molecule is Cc1ccnc(C(C)C)c1-n1c(=O)nc(N2CC3CCC2CN3C(=O)O)c2cc(Cl)c(Cl)nc21. The summed E-state index contributed by atoms with van der Waals surface area (Å²) < 4.78 is 1.46. The first-order valence-corrected chi connectivity index (χ1v) is 11.9. The first-order chi connectivity index (χ1) is 16.2. The lowest BCUT2D eigenvalue weighted by Gasteiger charge is -2.51. The summed E-state index contributed by atoms with van der Waals surface area (Å²) in [6, 6.07) is 3.27. The number of piperidine rings is 2. The van der Waals surface area contributed by atoms with E-state index in [-0.39, 0.29) is 28.2 Å². The van der Waals surface area contributed by atoms with Crippen molar-refractivity contribution in [3.05, 3.63) is 50.2 Å². The molecule has 0 radical (unpaired) electrons. The lowest BCUT2D eigenvalue weighted by atomic mass is 9.91. The van der Waals surface area contributed by atoms with Crippen LogP contribution >= 0.6 is 23.2 Å². The van der Waals surface area contributed by atoms with Gasteiger partial charge in [-0.3, -0.25) is 4.98 Å². The summed E-state index contributed by atoms with van der Waals surface area (Å²) in [5, 5.41) is 10.5. The molecule has 6 rings (SSSR count). The molecular formula is C23H24Cl2N6O3. The number of carbonyl (C=O) groups is 1. The predicted molar refractivity (Wildman–Crippen MR) is 131 cm³/mol. The number of hydrogen-bond donors (Lipinski definition) is 1. The van der Waals surface area contributed by atoms with Crippen LogP contribution < -0.4 is 10.6 Å². The average molecular weight is 503 g/mol. The van der Waals surface area contributed by atoms with Gasteiger partial charge >= 0.3 is 11.8 Å². The van der Waals surface area contributed by atoms with E-state index in [0.717, 1.165) is 24.1 Å². The summed E-state index contributed by atoms with van der Waals surface area (Å²) in [5.74, 6) is 0.508. The summed E-state index contributed by atoms with van der Waals surface area (Å²) in [7, 11) is 0. The van der Waals surface area contributed by atoms with E-state index in [1.165, 1.54) is 9.47 Å². The Morgan fingerprint density at radius 2 is 1.91 bits per heavy atom. The Morgan fingerprint density at radius 3 is 2.56 bits per heavy atom. The van der Waals surface area contributed by atoms with Crippen molar-refractivity contribution in [3.8, 4) is 5.69 Å². The average Bonchev–Trinajstić information content (AvgIpc) is 2.80. The second kappa shape index (κ2) is 8.39. The van der Waals surface area contributed by atoms with Crippen molar-refractivity contribution in [2.75, 3.05) is 18.0 Å². The number of anilines is 1. The molecule has 0 spiro atoms. The maximum atomic E-state index is 13.6.